The summed E-state index contributed by atoms with van der Waals surface area (Å²) in [5.74, 6) is 0. The van der Waals surface area contributed by atoms with Gasteiger partial charge in [-0.3, -0.25) is 4.79 Å². The molecule has 1 aromatic carbocycles. The molecule has 2 aromatic rings. The van der Waals surface area contributed by atoms with Crippen LogP contribution in [0.15, 0.2) is 23.0 Å². The minimum absolute atomic E-state index is 0.0813. The Bertz CT molecular complexity index is 596. The minimum atomic E-state index is 0.0813. The van der Waals surface area contributed by atoms with E-state index in [1.165, 1.54) is 5.39 Å². The number of hydrogen-bond donors (Lipinski definition) is 1. The molecule has 2 heteroatoms. The van der Waals surface area contributed by atoms with Crippen molar-refractivity contribution in [2.75, 3.05) is 0 Å². The lowest BCUT2D eigenvalue weighted by atomic mass is 9.99. The highest BCUT2D eigenvalue weighted by atomic mass is 16.1. The molecule has 17 heavy (non-hydrogen) atoms. The van der Waals surface area contributed by atoms with Gasteiger partial charge >= 0.3 is 0 Å². The molecule has 90 valence electrons. The summed E-state index contributed by atoms with van der Waals surface area (Å²) in [6.45, 7) is 6.24. The van der Waals surface area contributed by atoms with Crippen LogP contribution in [0.1, 0.15) is 36.5 Å². The number of unbranched alkanes of at least 4 members (excludes halogenated alkanes) is 1. The zero-order valence-electron chi connectivity index (χ0n) is 10.8. The number of para-hydroxylation sites is 1. The maximum absolute atomic E-state index is 12.1. The van der Waals surface area contributed by atoms with Crippen LogP contribution in [0.5, 0.6) is 0 Å². The van der Waals surface area contributed by atoms with Crippen molar-refractivity contribution in [2.24, 2.45) is 0 Å². The van der Waals surface area contributed by atoms with Gasteiger partial charge in [0.15, 0.2) is 0 Å². The van der Waals surface area contributed by atoms with Crippen molar-refractivity contribution in [1.82, 2.24) is 4.98 Å². The number of benzene rings is 1. The summed E-state index contributed by atoms with van der Waals surface area (Å²) in [6.07, 6.45) is 3.06. The summed E-state index contributed by atoms with van der Waals surface area (Å²) in [6, 6.07) is 6.17. The van der Waals surface area contributed by atoms with Crippen molar-refractivity contribution in [3.8, 4) is 0 Å². The lowest BCUT2D eigenvalue weighted by molar-refractivity contribution is 0.784. The monoisotopic (exact) mass is 229 g/mol. The standard InChI is InChI=1S/C15H19NO/c1-4-5-8-13-11(3)12-9-6-7-10(2)14(12)16-15(13)17/h6-7,9H,4-5,8H2,1-3H3,(H,16,17). The Balaban J connectivity index is 2.68. The van der Waals surface area contributed by atoms with Crippen LogP contribution in [0, 0.1) is 13.8 Å². The first-order valence-electron chi connectivity index (χ1n) is 6.26. The molecule has 1 aromatic heterocycles. The van der Waals surface area contributed by atoms with Gasteiger partial charge in [0.2, 0.25) is 0 Å². The molecule has 0 aliphatic heterocycles. The molecule has 0 bridgehead atoms. The lowest BCUT2D eigenvalue weighted by Gasteiger charge is -2.09. The van der Waals surface area contributed by atoms with E-state index in [1.807, 2.05) is 19.1 Å². The van der Waals surface area contributed by atoms with E-state index in [0.29, 0.717) is 0 Å². The quantitative estimate of drug-likeness (QED) is 0.858. The summed E-state index contributed by atoms with van der Waals surface area (Å²) >= 11 is 0. The Morgan fingerprint density at radius 2 is 2.00 bits per heavy atom. The molecule has 0 saturated carbocycles. The fraction of sp³-hybridized carbons (Fsp3) is 0.400. The van der Waals surface area contributed by atoms with E-state index in [2.05, 4.69) is 24.9 Å². The van der Waals surface area contributed by atoms with Crippen molar-refractivity contribution < 1.29 is 0 Å². The molecule has 0 aliphatic carbocycles. The van der Waals surface area contributed by atoms with E-state index in [4.69, 9.17) is 0 Å². The fourth-order valence-corrected chi connectivity index (χ4v) is 2.32. The molecular formula is C15H19NO. The average Bonchev–Trinajstić information content (AvgIpc) is 2.31. The van der Waals surface area contributed by atoms with Gasteiger partial charge in [-0.15, -0.1) is 0 Å². The lowest BCUT2D eigenvalue weighted by Crippen LogP contribution is -2.15. The van der Waals surface area contributed by atoms with E-state index >= 15 is 0 Å². The summed E-state index contributed by atoms with van der Waals surface area (Å²) in [4.78, 5) is 15.1. The molecule has 2 nitrogen and oxygen atoms in total. The molecule has 0 fully saturated rings. The van der Waals surface area contributed by atoms with Gasteiger partial charge in [-0.2, -0.15) is 0 Å². The Morgan fingerprint density at radius 1 is 1.24 bits per heavy atom. The fourth-order valence-electron chi connectivity index (χ4n) is 2.32. The first-order valence-corrected chi connectivity index (χ1v) is 6.26. The molecule has 0 aliphatic rings. The number of fused-ring (bicyclic) bond motifs is 1. The first kappa shape index (κ1) is 11.9. The number of aromatic nitrogens is 1. The zero-order chi connectivity index (χ0) is 12.4. The Kier molecular flexibility index (Phi) is 3.32. The second-order valence-electron chi connectivity index (χ2n) is 4.66. The van der Waals surface area contributed by atoms with Gasteiger partial charge in [0.05, 0.1) is 5.52 Å². The van der Waals surface area contributed by atoms with Crippen molar-refractivity contribution >= 4 is 10.9 Å². The van der Waals surface area contributed by atoms with Crippen LogP contribution in [-0.4, -0.2) is 4.98 Å². The number of hydrogen-bond acceptors (Lipinski definition) is 1. The molecule has 0 amide bonds. The van der Waals surface area contributed by atoms with Gasteiger partial charge in [0.25, 0.3) is 5.56 Å². The molecule has 2 rings (SSSR count). The maximum Gasteiger partial charge on any atom is 0.251 e. The second kappa shape index (κ2) is 4.74. The summed E-state index contributed by atoms with van der Waals surface area (Å²) in [7, 11) is 0. The van der Waals surface area contributed by atoms with Gasteiger partial charge in [-0.1, -0.05) is 31.5 Å². The largest absolute Gasteiger partial charge is 0.321 e. The van der Waals surface area contributed by atoms with Crippen LogP contribution in [0.3, 0.4) is 0 Å². The minimum Gasteiger partial charge on any atom is -0.321 e. The van der Waals surface area contributed by atoms with E-state index < -0.39 is 0 Å². The van der Waals surface area contributed by atoms with E-state index in [9.17, 15) is 4.79 Å². The predicted octanol–water partition coefficient (Wildman–Crippen LogP) is 3.49. The highest BCUT2D eigenvalue weighted by molar-refractivity contribution is 5.85. The van der Waals surface area contributed by atoms with E-state index in [0.717, 1.165) is 41.5 Å². The van der Waals surface area contributed by atoms with Crippen molar-refractivity contribution in [1.29, 1.82) is 0 Å². The van der Waals surface area contributed by atoms with Crippen molar-refractivity contribution in [3.63, 3.8) is 0 Å². The summed E-state index contributed by atoms with van der Waals surface area (Å²) in [5, 5.41) is 1.18. The zero-order valence-corrected chi connectivity index (χ0v) is 10.8. The van der Waals surface area contributed by atoms with Crippen molar-refractivity contribution in [3.05, 3.63) is 45.2 Å². The number of nitrogens with one attached hydrogen (secondary N) is 1. The molecule has 0 spiro atoms. The Morgan fingerprint density at radius 3 is 2.71 bits per heavy atom. The Labute approximate surface area is 102 Å². The van der Waals surface area contributed by atoms with Crippen LogP contribution < -0.4 is 5.56 Å². The normalized spacial score (nSPS) is 11.0. The van der Waals surface area contributed by atoms with Crippen LogP contribution in [0.4, 0.5) is 0 Å². The highest BCUT2D eigenvalue weighted by Gasteiger charge is 2.09. The van der Waals surface area contributed by atoms with Gasteiger partial charge < -0.3 is 4.98 Å². The number of aromatic amines is 1. The average molecular weight is 229 g/mol. The van der Waals surface area contributed by atoms with Crippen molar-refractivity contribution in [2.45, 2.75) is 40.0 Å². The highest BCUT2D eigenvalue weighted by Crippen LogP contribution is 2.20. The van der Waals surface area contributed by atoms with Crippen LogP contribution in [-0.2, 0) is 6.42 Å². The third-order valence-electron chi connectivity index (χ3n) is 3.42. The maximum atomic E-state index is 12.1. The number of aryl methyl sites for hydroxylation is 2. The molecule has 0 radical (unpaired) electrons. The molecule has 1 N–H and O–H groups in total. The topological polar surface area (TPSA) is 32.9 Å². The summed E-state index contributed by atoms with van der Waals surface area (Å²) in [5.41, 5.74) is 4.28. The third-order valence-corrected chi connectivity index (χ3v) is 3.42. The first-order chi connectivity index (χ1) is 8.15. The van der Waals surface area contributed by atoms with Gasteiger partial charge in [-0.25, -0.2) is 0 Å². The third kappa shape index (κ3) is 2.12. The molecule has 0 unspecified atom stereocenters. The number of rotatable bonds is 3. The number of pyridine rings is 1. The molecule has 1 heterocycles. The molecule has 0 atom stereocenters. The van der Waals surface area contributed by atoms with E-state index in [1.54, 1.807) is 0 Å². The number of H-pyrrole nitrogens is 1. The smallest absolute Gasteiger partial charge is 0.251 e. The second-order valence-corrected chi connectivity index (χ2v) is 4.66. The SMILES string of the molecule is CCCCc1c(C)c2cccc(C)c2[nH]c1=O. The van der Waals surface area contributed by atoms with E-state index in [-0.39, 0.29) is 5.56 Å². The van der Waals surface area contributed by atoms with Crippen LogP contribution >= 0.6 is 0 Å². The molecular weight excluding hydrogens is 210 g/mol. The van der Waals surface area contributed by atoms with Crippen LogP contribution in [0.2, 0.25) is 0 Å². The van der Waals surface area contributed by atoms with Gasteiger partial charge in [0, 0.05) is 10.9 Å². The van der Waals surface area contributed by atoms with Gasteiger partial charge in [0.1, 0.15) is 0 Å². The molecule has 0 saturated heterocycles. The predicted molar refractivity (Wildman–Crippen MR) is 72.7 cm³/mol. The summed E-state index contributed by atoms with van der Waals surface area (Å²) < 4.78 is 0. The van der Waals surface area contributed by atoms with Crippen LogP contribution in [0.25, 0.3) is 10.9 Å². The Hall–Kier alpha value is -1.57. The van der Waals surface area contributed by atoms with Gasteiger partial charge in [-0.05, 0) is 37.8 Å².